The molecule has 0 fully saturated rings. The molecule has 0 unspecified atom stereocenters. The molecule has 0 aliphatic heterocycles. The number of hydrogen-bond acceptors (Lipinski definition) is 3. The molecule has 0 radical (unpaired) electrons. The molecule has 0 bridgehead atoms. The van der Waals surface area contributed by atoms with Crippen LogP contribution in [0.2, 0.25) is 10.0 Å². The quantitative estimate of drug-likeness (QED) is 0.742. The monoisotopic (exact) mass is 351 g/mol. The number of aryl methyl sites for hydroxylation is 1. The van der Waals surface area contributed by atoms with E-state index >= 15 is 0 Å². The second-order valence-corrected chi connectivity index (χ2v) is 5.97. The number of rotatable bonds is 6. The number of hydrogen-bond donors (Lipinski definition) is 1. The SMILES string of the molecule is O=C(CCn1ncc2cc(Cl)ccc21)NCCn1cc(Cl)cn1. The molecule has 0 aliphatic rings. The van der Waals surface area contributed by atoms with E-state index in [1.165, 1.54) is 0 Å². The van der Waals surface area contributed by atoms with Crippen LogP contribution in [0, 0.1) is 0 Å². The zero-order chi connectivity index (χ0) is 16.2. The Morgan fingerprint density at radius 1 is 1.13 bits per heavy atom. The molecule has 1 amide bonds. The Morgan fingerprint density at radius 2 is 2.00 bits per heavy atom. The predicted octanol–water partition coefficient (Wildman–Crippen LogP) is 2.75. The minimum Gasteiger partial charge on any atom is -0.354 e. The zero-order valence-electron chi connectivity index (χ0n) is 12.2. The van der Waals surface area contributed by atoms with Crippen molar-refractivity contribution >= 4 is 40.0 Å². The Morgan fingerprint density at radius 3 is 2.78 bits per heavy atom. The molecule has 2 aromatic heterocycles. The van der Waals surface area contributed by atoms with E-state index in [9.17, 15) is 4.79 Å². The van der Waals surface area contributed by atoms with Gasteiger partial charge in [-0.3, -0.25) is 14.2 Å². The van der Waals surface area contributed by atoms with E-state index < -0.39 is 0 Å². The summed E-state index contributed by atoms with van der Waals surface area (Å²) >= 11 is 11.7. The Labute approximate surface area is 143 Å². The first-order valence-corrected chi connectivity index (χ1v) is 7.93. The molecule has 120 valence electrons. The summed E-state index contributed by atoms with van der Waals surface area (Å²) in [5.41, 5.74) is 0.966. The first kappa shape index (κ1) is 15.8. The Hall–Kier alpha value is -2.05. The number of nitrogens with one attached hydrogen (secondary N) is 1. The van der Waals surface area contributed by atoms with Crippen molar-refractivity contribution in [2.45, 2.75) is 19.5 Å². The van der Waals surface area contributed by atoms with Crippen molar-refractivity contribution in [3.05, 3.63) is 46.8 Å². The number of benzene rings is 1. The van der Waals surface area contributed by atoms with Gasteiger partial charge < -0.3 is 5.32 Å². The molecule has 1 N–H and O–H groups in total. The van der Waals surface area contributed by atoms with Crippen LogP contribution in [-0.2, 0) is 17.9 Å². The summed E-state index contributed by atoms with van der Waals surface area (Å²) in [5, 5.41) is 13.4. The summed E-state index contributed by atoms with van der Waals surface area (Å²) in [5.74, 6) is -0.0270. The molecule has 0 spiro atoms. The van der Waals surface area contributed by atoms with Crippen LogP contribution < -0.4 is 5.32 Å². The maximum atomic E-state index is 11.9. The Balaban J connectivity index is 1.48. The van der Waals surface area contributed by atoms with E-state index in [0.29, 0.717) is 36.1 Å². The van der Waals surface area contributed by atoms with Gasteiger partial charge in [0.15, 0.2) is 0 Å². The molecular formula is C15H15Cl2N5O. The third-order valence-corrected chi connectivity index (χ3v) is 3.85. The van der Waals surface area contributed by atoms with Crippen LogP contribution in [0.15, 0.2) is 36.8 Å². The van der Waals surface area contributed by atoms with Crippen LogP contribution in [0.3, 0.4) is 0 Å². The van der Waals surface area contributed by atoms with E-state index in [1.807, 2.05) is 18.2 Å². The Kier molecular flexibility index (Phi) is 4.83. The fourth-order valence-electron chi connectivity index (χ4n) is 2.30. The summed E-state index contributed by atoms with van der Waals surface area (Å²) in [6, 6.07) is 5.58. The summed E-state index contributed by atoms with van der Waals surface area (Å²) in [7, 11) is 0. The minimum atomic E-state index is -0.0270. The summed E-state index contributed by atoms with van der Waals surface area (Å²) in [4.78, 5) is 11.9. The first-order chi connectivity index (χ1) is 11.1. The van der Waals surface area contributed by atoms with Gasteiger partial charge in [-0.05, 0) is 18.2 Å². The second kappa shape index (κ2) is 7.02. The van der Waals surface area contributed by atoms with Crippen molar-refractivity contribution in [2.24, 2.45) is 0 Å². The van der Waals surface area contributed by atoms with Gasteiger partial charge in [-0.2, -0.15) is 10.2 Å². The van der Waals surface area contributed by atoms with E-state index in [1.54, 1.807) is 28.0 Å². The van der Waals surface area contributed by atoms with Gasteiger partial charge in [0.25, 0.3) is 0 Å². The normalized spacial score (nSPS) is 11.0. The maximum absolute atomic E-state index is 11.9. The molecule has 8 heteroatoms. The molecule has 23 heavy (non-hydrogen) atoms. The van der Waals surface area contributed by atoms with Gasteiger partial charge in [-0.25, -0.2) is 0 Å². The first-order valence-electron chi connectivity index (χ1n) is 7.17. The van der Waals surface area contributed by atoms with Crippen LogP contribution in [0.25, 0.3) is 10.9 Å². The zero-order valence-corrected chi connectivity index (χ0v) is 13.8. The molecule has 0 aliphatic carbocycles. The highest BCUT2D eigenvalue weighted by Gasteiger charge is 2.06. The molecule has 0 atom stereocenters. The van der Waals surface area contributed by atoms with Gasteiger partial charge in [0, 0.05) is 29.6 Å². The largest absolute Gasteiger partial charge is 0.354 e. The Bertz CT molecular complexity index is 826. The van der Waals surface area contributed by atoms with Crippen LogP contribution in [0.5, 0.6) is 0 Å². The van der Waals surface area contributed by atoms with Crippen LogP contribution in [0.1, 0.15) is 6.42 Å². The third-order valence-electron chi connectivity index (χ3n) is 3.42. The summed E-state index contributed by atoms with van der Waals surface area (Å²) in [6.07, 6.45) is 5.40. The molecular weight excluding hydrogens is 337 g/mol. The number of halogens is 2. The molecule has 0 saturated heterocycles. The van der Waals surface area contributed by atoms with E-state index in [2.05, 4.69) is 15.5 Å². The maximum Gasteiger partial charge on any atom is 0.221 e. The van der Waals surface area contributed by atoms with E-state index in [-0.39, 0.29) is 5.91 Å². The standard InChI is InChI=1S/C15H15Cl2N5O/c16-12-1-2-14-11(7-12)8-20-22(14)5-3-15(23)18-4-6-21-10-13(17)9-19-21/h1-2,7-10H,3-6H2,(H,18,23). The van der Waals surface area contributed by atoms with Gasteiger partial charge in [-0.15, -0.1) is 0 Å². The van der Waals surface area contributed by atoms with Gasteiger partial charge in [0.05, 0.1) is 36.0 Å². The number of amides is 1. The van der Waals surface area contributed by atoms with Gasteiger partial charge in [-0.1, -0.05) is 23.2 Å². The lowest BCUT2D eigenvalue weighted by atomic mass is 10.2. The third kappa shape index (κ3) is 4.03. The number of carbonyl (C=O) groups excluding carboxylic acids is 1. The number of nitrogens with zero attached hydrogens (tertiary/aromatic N) is 4. The van der Waals surface area contributed by atoms with Gasteiger partial charge in [0.2, 0.25) is 5.91 Å². The smallest absolute Gasteiger partial charge is 0.221 e. The van der Waals surface area contributed by atoms with E-state index in [4.69, 9.17) is 23.2 Å². The molecule has 0 saturated carbocycles. The van der Waals surface area contributed by atoms with E-state index in [0.717, 1.165) is 10.9 Å². The van der Waals surface area contributed by atoms with Gasteiger partial charge >= 0.3 is 0 Å². The number of fused-ring (bicyclic) bond motifs is 1. The highest BCUT2D eigenvalue weighted by atomic mass is 35.5. The molecule has 1 aromatic carbocycles. The fourth-order valence-corrected chi connectivity index (χ4v) is 2.64. The van der Waals surface area contributed by atoms with Crippen LogP contribution in [-0.4, -0.2) is 32.0 Å². The summed E-state index contributed by atoms with van der Waals surface area (Å²) < 4.78 is 3.49. The van der Waals surface area contributed by atoms with Crippen LogP contribution >= 0.6 is 23.2 Å². The van der Waals surface area contributed by atoms with Crippen molar-refractivity contribution in [1.29, 1.82) is 0 Å². The van der Waals surface area contributed by atoms with Gasteiger partial charge in [0.1, 0.15) is 0 Å². The average Bonchev–Trinajstić information content (AvgIpc) is 3.11. The second-order valence-electron chi connectivity index (χ2n) is 5.09. The molecule has 2 heterocycles. The molecule has 6 nitrogen and oxygen atoms in total. The van der Waals surface area contributed by atoms with Crippen molar-refractivity contribution in [3.63, 3.8) is 0 Å². The van der Waals surface area contributed by atoms with Crippen LogP contribution in [0.4, 0.5) is 0 Å². The van der Waals surface area contributed by atoms with Crippen molar-refractivity contribution in [1.82, 2.24) is 24.9 Å². The highest BCUT2D eigenvalue weighted by Crippen LogP contribution is 2.19. The molecule has 3 rings (SSSR count). The van der Waals surface area contributed by atoms with Crippen molar-refractivity contribution in [3.8, 4) is 0 Å². The predicted molar refractivity (Wildman–Crippen MR) is 89.6 cm³/mol. The highest BCUT2D eigenvalue weighted by molar-refractivity contribution is 6.31. The lowest BCUT2D eigenvalue weighted by Crippen LogP contribution is -2.28. The lowest BCUT2D eigenvalue weighted by Gasteiger charge is -2.06. The lowest BCUT2D eigenvalue weighted by molar-refractivity contribution is -0.121. The fraction of sp³-hybridized carbons (Fsp3) is 0.267. The van der Waals surface area contributed by atoms with Crippen molar-refractivity contribution in [2.75, 3.05) is 6.54 Å². The summed E-state index contributed by atoms with van der Waals surface area (Å²) in [6.45, 7) is 1.61. The number of aromatic nitrogens is 4. The topological polar surface area (TPSA) is 64.7 Å². The average molecular weight is 352 g/mol. The molecule has 3 aromatic rings. The number of carbonyl (C=O) groups is 1. The minimum absolute atomic E-state index is 0.0270. The van der Waals surface area contributed by atoms with Crippen molar-refractivity contribution < 1.29 is 4.79 Å².